The van der Waals surface area contributed by atoms with E-state index in [1.54, 1.807) is 25.3 Å². The van der Waals surface area contributed by atoms with Crippen LogP contribution in [0.15, 0.2) is 48.5 Å². The first-order valence-corrected chi connectivity index (χ1v) is 6.92. The highest BCUT2D eigenvalue weighted by molar-refractivity contribution is 6.06. The van der Waals surface area contributed by atoms with E-state index >= 15 is 0 Å². The fourth-order valence-corrected chi connectivity index (χ4v) is 1.89. The van der Waals surface area contributed by atoms with Crippen LogP contribution in [0.5, 0.6) is 11.5 Å². The molecule has 0 aliphatic heterocycles. The predicted octanol–water partition coefficient (Wildman–Crippen LogP) is 3.74. The molecule has 0 radical (unpaired) electrons. The Morgan fingerprint density at radius 1 is 1.14 bits per heavy atom. The highest BCUT2D eigenvalue weighted by Crippen LogP contribution is 2.21. The summed E-state index contributed by atoms with van der Waals surface area (Å²) >= 11 is 0. The van der Waals surface area contributed by atoms with Crippen molar-refractivity contribution >= 4 is 11.6 Å². The van der Waals surface area contributed by atoms with Crippen LogP contribution in [0, 0.1) is 0 Å². The number of rotatable bonds is 6. The van der Waals surface area contributed by atoms with Gasteiger partial charge < -0.3 is 14.8 Å². The van der Waals surface area contributed by atoms with Gasteiger partial charge in [-0.1, -0.05) is 25.1 Å². The number of hydrogen-bond donors (Lipinski definition) is 1. The molecule has 2 aromatic carbocycles. The third kappa shape index (κ3) is 3.99. The third-order valence-electron chi connectivity index (χ3n) is 2.92. The first-order chi connectivity index (χ1) is 10.2. The zero-order chi connectivity index (χ0) is 15.1. The van der Waals surface area contributed by atoms with Crippen molar-refractivity contribution in [3.63, 3.8) is 0 Å². The van der Waals surface area contributed by atoms with E-state index in [1.165, 1.54) is 0 Å². The van der Waals surface area contributed by atoms with Crippen molar-refractivity contribution in [2.45, 2.75) is 13.3 Å². The summed E-state index contributed by atoms with van der Waals surface area (Å²) in [5, 5.41) is 2.85. The van der Waals surface area contributed by atoms with Crippen LogP contribution in [0.3, 0.4) is 0 Å². The van der Waals surface area contributed by atoms with Gasteiger partial charge in [0.05, 0.1) is 19.3 Å². The first-order valence-electron chi connectivity index (χ1n) is 6.92. The lowest BCUT2D eigenvalue weighted by molar-refractivity contribution is 0.102. The lowest BCUT2D eigenvalue weighted by Crippen LogP contribution is -2.13. The summed E-state index contributed by atoms with van der Waals surface area (Å²) in [7, 11) is 1.59. The van der Waals surface area contributed by atoms with Gasteiger partial charge in [-0.25, -0.2) is 0 Å². The van der Waals surface area contributed by atoms with Gasteiger partial charge >= 0.3 is 0 Å². The molecule has 1 N–H and O–H groups in total. The first kappa shape index (κ1) is 14.9. The van der Waals surface area contributed by atoms with E-state index in [0.717, 1.165) is 6.42 Å². The van der Waals surface area contributed by atoms with Crippen molar-refractivity contribution < 1.29 is 14.3 Å². The molecule has 0 spiro atoms. The number of ether oxygens (including phenoxy) is 2. The van der Waals surface area contributed by atoms with Crippen LogP contribution in [-0.2, 0) is 0 Å². The highest BCUT2D eigenvalue weighted by atomic mass is 16.5. The lowest BCUT2D eigenvalue weighted by Gasteiger charge is -2.11. The molecule has 0 aliphatic carbocycles. The Morgan fingerprint density at radius 3 is 2.71 bits per heavy atom. The van der Waals surface area contributed by atoms with E-state index in [9.17, 15) is 4.79 Å². The van der Waals surface area contributed by atoms with Crippen LogP contribution < -0.4 is 14.8 Å². The summed E-state index contributed by atoms with van der Waals surface area (Å²) in [4.78, 5) is 12.4. The van der Waals surface area contributed by atoms with Gasteiger partial charge in [0.1, 0.15) is 11.5 Å². The van der Waals surface area contributed by atoms with E-state index in [2.05, 4.69) is 5.32 Å². The molecular formula is C17H19NO3. The van der Waals surface area contributed by atoms with Gasteiger partial charge in [0.15, 0.2) is 0 Å². The second-order valence-corrected chi connectivity index (χ2v) is 4.53. The highest BCUT2D eigenvalue weighted by Gasteiger charge is 2.12. The number of nitrogens with one attached hydrogen (secondary N) is 1. The van der Waals surface area contributed by atoms with Gasteiger partial charge in [-0.2, -0.15) is 0 Å². The van der Waals surface area contributed by atoms with Crippen molar-refractivity contribution in [3.05, 3.63) is 54.1 Å². The normalized spacial score (nSPS) is 10.0. The fourth-order valence-electron chi connectivity index (χ4n) is 1.89. The molecule has 0 fully saturated rings. The standard InChI is InChI=1S/C17H19NO3/c1-3-11-21-16-10-5-4-9-15(16)17(19)18-13-7-6-8-14(12-13)20-2/h4-10,12H,3,11H2,1-2H3,(H,18,19). The molecule has 0 atom stereocenters. The lowest BCUT2D eigenvalue weighted by atomic mass is 10.2. The van der Waals surface area contributed by atoms with Crippen LogP contribution in [0.1, 0.15) is 23.7 Å². The maximum atomic E-state index is 12.4. The predicted molar refractivity (Wildman–Crippen MR) is 83.2 cm³/mol. The maximum Gasteiger partial charge on any atom is 0.259 e. The second-order valence-electron chi connectivity index (χ2n) is 4.53. The Morgan fingerprint density at radius 2 is 1.95 bits per heavy atom. The Labute approximate surface area is 124 Å². The molecule has 4 nitrogen and oxygen atoms in total. The SMILES string of the molecule is CCCOc1ccccc1C(=O)Nc1cccc(OC)c1. The van der Waals surface area contributed by atoms with E-state index in [-0.39, 0.29) is 5.91 Å². The van der Waals surface area contributed by atoms with Crippen molar-refractivity contribution in [1.82, 2.24) is 0 Å². The van der Waals surface area contributed by atoms with Crippen LogP contribution in [0.25, 0.3) is 0 Å². The molecule has 2 rings (SSSR count). The Hall–Kier alpha value is -2.49. The summed E-state index contributed by atoms with van der Waals surface area (Å²) in [6.07, 6.45) is 0.895. The second kappa shape index (κ2) is 7.33. The molecule has 2 aromatic rings. The van der Waals surface area contributed by atoms with Gasteiger partial charge in [-0.05, 0) is 30.7 Å². The minimum absolute atomic E-state index is 0.199. The molecule has 0 aromatic heterocycles. The number of methoxy groups -OCH3 is 1. The molecule has 0 bridgehead atoms. The third-order valence-corrected chi connectivity index (χ3v) is 2.92. The summed E-state index contributed by atoms with van der Waals surface area (Å²) in [5.74, 6) is 1.10. The van der Waals surface area contributed by atoms with Crippen LogP contribution in [-0.4, -0.2) is 19.6 Å². The van der Waals surface area contributed by atoms with E-state index in [1.807, 2.05) is 37.3 Å². The zero-order valence-electron chi connectivity index (χ0n) is 12.3. The molecular weight excluding hydrogens is 266 g/mol. The van der Waals surface area contributed by atoms with Gasteiger partial charge in [0.2, 0.25) is 0 Å². The summed E-state index contributed by atoms with van der Waals surface area (Å²) in [6, 6.07) is 14.5. The summed E-state index contributed by atoms with van der Waals surface area (Å²) in [6.45, 7) is 2.61. The Bertz CT molecular complexity index is 610. The molecule has 4 heteroatoms. The van der Waals surface area contributed by atoms with Crippen molar-refractivity contribution in [2.24, 2.45) is 0 Å². The number of para-hydroxylation sites is 1. The molecule has 0 unspecified atom stereocenters. The van der Waals surface area contributed by atoms with Crippen molar-refractivity contribution in [1.29, 1.82) is 0 Å². The zero-order valence-corrected chi connectivity index (χ0v) is 12.3. The van der Waals surface area contributed by atoms with Crippen molar-refractivity contribution in [3.8, 4) is 11.5 Å². The minimum atomic E-state index is -0.199. The molecule has 0 saturated carbocycles. The summed E-state index contributed by atoms with van der Waals surface area (Å²) in [5.41, 5.74) is 1.21. The fraction of sp³-hybridized carbons (Fsp3) is 0.235. The van der Waals surface area contributed by atoms with Crippen LogP contribution in [0.2, 0.25) is 0 Å². The number of anilines is 1. The number of carbonyl (C=O) groups excluding carboxylic acids is 1. The quantitative estimate of drug-likeness (QED) is 0.879. The average Bonchev–Trinajstić information content (AvgIpc) is 2.53. The van der Waals surface area contributed by atoms with Crippen LogP contribution >= 0.6 is 0 Å². The van der Waals surface area contributed by atoms with Crippen molar-refractivity contribution in [2.75, 3.05) is 19.0 Å². The molecule has 1 amide bonds. The van der Waals surface area contributed by atoms with Gasteiger partial charge in [0.25, 0.3) is 5.91 Å². The van der Waals surface area contributed by atoms with Crippen LogP contribution in [0.4, 0.5) is 5.69 Å². The number of hydrogen-bond acceptors (Lipinski definition) is 3. The summed E-state index contributed by atoms with van der Waals surface area (Å²) < 4.78 is 10.7. The molecule has 110 valence electrons. The maximum absolute atomic E-state index is 12.4. The topological polar surface area (TPSA) is 47.6 Å². The molecule has 0 aliphatic rings. The van der Waals surface area contributed by atoms with Gasteiger partial charge in [0, 0.05) is 11.8 Å². The minimum Gasteiger partial charge on any atom is -0.497 e. The van der Waals surface area contributed by atoms with Gasteiger partial charge in [-0.3, -0.25) is 4.79 Å². The van der Waals surface area contributed by atoms with E-state index < -0.39 is 0 Å². The molecule has 21 heavy (non-hydrogen) atoms. The average molecular weight is 285 g/mol. The Balaban J connectivity index is 2.16. The number of benzene rings is 2. The molecule has 0 saturated heterocycles. The van der Waals surface area contributed by atoms with E-state index in [4.69, 9.17) is 9.47 Å². The monoisotopic (exact) mass is 285 g/mol. The van der Waals surface area contributed by atoms with Gasteiger partial charge in [-0.15, -0.1) is 0 Å². The van der Waals surface area contributed by atoms with E-state index in [0.29, 0.717) is 29.4 Å². The molecule has 0 heterocycles. The largest absolute Gasteiger partial charge is 0.497 e. The smallest absolute Gasteiger partial charge is 0.259 e. The number of amides is 1. The number of carbonyl (C=O) groups is 1. The Kier molecular flexibility index (Phi) is 5.21.